The summed E-state index contributed by atoms with van der Waals surface area (Å²) in [4.78, 5) is 14.5. The highest BCUT2D eigenvalue weighted by molar-refractivity contribution is 6.06. The number of anilines is 1. The lowest BCUT2D eigenvalue weighted by Crippen LogP contribution is -2.56. The van der Waals surface area contributed by atoms with E-state index in [-0.39, 0.29) is 12.4 Å². The molecule has 0 bridgehead atoms. The van der Waals surface area contributed by atoms with Crippen LogP contribution < -0.4 is 9.64 Å². The molecule has 0 saturated carbocycles. The van der Waals surface area contributed by atoms with Crippen molar-refractivity contribution >= 4 is 17.5 Å². The summed E-state index contributed by atoms with van der Waals surface area (Å²) in [6, 6.07) is 14.6. The Labute approximate surface area is 213 Å². The number of nitrogens with zero attached hydrogens (tertiary/aromatic N) is 4. The quantitative estimate of drug-likeness (QED) is 0.240. The first kappa shape index (κ1) is 26.5. The predicted molar refractivity (Wildman–Crippen MR) is 134 cm³/mol. The number of allylic oxidation sites excluding steroid dienone is 1. The minimum absolute atomic E-state index is 0.0492. The van der Waals surface area contributed by atoms with Gasteiger partial charge >= 0.3 is 0 Å². The zero-order chi connectivity index (χ0) is 26.5. The number of aromatic nitrogens is 3. The number of hydrogen-bond acceptors (Lipinski definition) is 10. The average Bonchev–Trinajstić information content (AvgIpc) is 3.38. The second-order valence-corrected chi connectivity index (χ2v) is 8.91. The van der Waals surface area contributed by atoms with Gasteiger partial charge in [-0.15, -0.1) is 5.10 Å². The van der Waals surface area contributed by atoms with Crippen molar-refractivity contribution in [2.24, 2.45) is 0 Å². The number of ketones is 1. The smallest absolute Gasteiger partial charge is 0.185 e. The van der Waals surface area contributed by atoms with Crippen LogP contribution in [-0.4, -0.2) is 86.3 Å². The molecule has 0 amide bonds. The number of hydrogen-bond donors (Lipinski definition) is 4. The molecular weight excluding hydrogens is 480 g/mol. The molecule has 3 aromatic rings. The standard InChI is InChI=1S/C26H30N4O7/c1-29(2)19-8-3-16(4-9-19)5-12-21(32)17-6-10-20(11-7-17)36-15-18-13-30(28-27-18)26-25(35)24(34)23(33)22(14-31)37-26/h3-13,22-26,31,33-35H,14-15H2,1-2H3/b12-5+/t22-,23-,24+,25-,26-/m1/s1. The van der Waals surface area contributed by atoms with Crippen molar-refractivity contribution in [2.75, 3.05) is 25.6 Å². The summed E-state index contributed by atoms with van der Waals surface area (Å²) in [5.41, 5.74) is 2.94. The third-order valence-corrected chi connectivity index (χ3v) is 6.05. The number of benzene rings is 2. The third-order valence-electron chi connectivity index (χ3n) is 6.05. The van der Waals surface area contributed by atoms with E-state index in [2.05, 4.69) is 10.3 Å². The Hall–Kier alpha value is -3.61. The molecule has 5 atom stereocenters. The highest BCUT2D eigenvalue weighted by atomic mass is 16.6. The van der Waals surface area contributed by atoms with Gasteiger partial charge < -0.3 is 34.8 Å². The van der Waals surface area contributed by atoms with Gasteiger partial charge in [0.25, 0.3) is 0 Å². The molecule has 11 heteroatoms. The Morgan fingerprint density at radius 3 is 2.41 bits per heavy atom. The fourth-order valence-electron chi connectivity index (χ4n) is 3.83. The minimum Gasteiger partial charge on any atom is -0.487 e. The van der Waals surface area contributed by atoms with E-state index < -0.39 is 37.3 Å². The van der Waals surface area contributed by atoms with Crippen molar-refractivity contribution in [2.45, 2.75) is 37.3 Å². The van der Waals surface area contributed by atoms with Gasteiger partial charge in [-0.25, -0.2) is 4.68 Å². The molecule has 1 saturated heterocycles. The summed E-state index contributed by atoms with van der Waals surface area (Å²) in [7, 11) is 3.94. The van der Waals surface area contributed by atoms with Crippen molar-refractivity contribution in [1.82, 2.24) is 15.0 Å². The number of ether oxygens (including phenoxy) is 2. The zero-order valence-electron chi connectivity index (χ0n) is 20.5. The van der Waals surface area contributed by atoms with Gasteiger partial charge in [-0.3, -0.25) is 4.79 Å². The topological polar surface area (TPSA) is 150 Å². The first-order valence-corrected chi connectivity index (χ1v) is 11.7. The van der Waals surface area contributed by atoms with Gasteiger partial charge in [0.1, 0.15) is 42.5 Å². The van der Waals surface area contributed by atoms with Crippen LogP contribution in [-0.2, 0) is 11.3 Å². The van der Waals surface area contributed by atoms with Crippen LogP contribution in [0, 0.1) is 0 Å². The fraction of sp³-hybridized carbons (Fsp3) is 0.346. The first-order chi connectivity index (χ1) is 17.8. The third kappa shape index (κ3) is 6.21. The number of aliphatic hydroxyl groups is 4. The second kappa shape index (κ2) is 11.6. The van der Waals surface area contributed by atoms with Gasteiger partial charge in [0.15, 0.2) is 12.0 Å². The zero-order valence-corrected chi connectivity index (χ0v) is 20.5. The normalized spacial score (nSPS) is 23.8. The SMILES string of the molecule is CN(C)c1ccc(/C=C/C(=O)c2ccc(OCc3cn([C@@H]4O[C@H](CO)[C@@H](O)[C@H](O)[C@H]4O)nn3)cc2)cc1. The fourth-order valence-corrected chi connectivity index (χ4v) is 3.83. The lowest BCUT2D eigenvalue weighted by atomic mass is 9.98. The molecule has 0 aliphatic carbocycles. The van der Waals surface area contributed by atoms with Crippen molar-refractivity contribution in [3.63, 3.8) is 0 Å². The van der Waals surface area contributed by atoms with Crippen LogP contribution in [0.4, 0.5) is 5.69 Å². The van der Waals surface area contributed by atoms with Crippen molar-refractivity contribution < 1.29 is 34.7 Å². The van der Waals surface area contributed by atoms with Crippen LogP contribution in [0.1, 0.15) is 27.8 Å². The predicted octanol–water partition coefficient (Wildman–Crippen LogP) is 0.792. The van der Waals surface area contributed by atoms with E-state index in [1.54, 1.807) is 30.3 Å². The Bertz CT molecular complexity index is 1210. The molecule has 11 nitrogen and oxygen atoms in total. The van der Waals surface area contributed by atoms with Gasteiger partial charge in [-0.1, -0.05) is 23.4 Å². The molecule has 0 spiro atoms. The Balaban J connectivity index is 1.32. The van der Waals surface area contributed by atoms with Crippen LogP contribution in [0.5, 0.6) is 5.75 Å². The largest absolute Gasteiger partial charge is 0.487 e. The van der Waals surface area contributed by atoms with E-state index in [1.165, 1.54) is 17.0 Å². The monoisotopic (exact) mass is 510 g/mol. The Morgan fingerprint density at radius 2 is 1.76 bits per heavy atom. The van der Waals surface area contributed by atoms with Crippen LogP contribution >= 0.6 is 0 Å². The number of carbonyl (C=O) groups excluding carboxylic acids is 1. The van der Waals surface area contributed by atoms with E-state index in [0.717, 1.165) is 11.3 Å². The summed E-state index contributed by atoms with van der Waals surface area (Å²) in [5, 5.41) is 47.3. The lowest BCUT2D eigenvalue weighted by molar-refractivity contribution is -0.254. The van der Waals surface area contributed by atoms with E-state index in [0.29, 0.717) is 17.0 Å². The summed E-state index contributed by atoms with van der Waals surface area (Å²) in [6.45, 7) is -0.488. The highest BCUT2D eigenvalue weighted by Crippen LogP contribution is 2.28. The maximum absolute atomic E-state index is 12.5. The Morgan fingerprint density at radius 1 is 1.05 bits per heavy atom. The van der Waals surface area contributed by atoms with E-state index >= 15 is 0 Å². The maximum Gasteiger partial charge on any atom is 0.185 e. The van der Waals surface area contributed by atoms with Crippen LogP contribution in [0.25, 0.3) is 6.08 Å². The summed E-state index contributed by atoms with van der Waals surface area (Å²) in [6.07, 6.45) is -1.86. The van der Waals surface area contributed by atoms with Gasteiger partial charge in [0.05, 0.1) is 12.8 Å². The molecule has 196 valence electrons. The van der Waals surface area contributed by atoms with Crippen molar-refractivity contribution in [3.8, 4) is 5.75 Å². The van der Waals surface area contributed by atoms with E-state index in [4.69, 9.17) is 9.47 Å². The molecule has 1 fully saturated rings. The molecular formula is C26H30N4O7. The molecule has 0 radical (unpaired) electrons. The molecule has 4 N–H and O–H groups in total. The summed E-state index contributed by atoms with van der Waals surface area (Å²) >= 11 is 0. The molecule has 37 heavy (non-hydrogen) atoms. The molecule has 2 heterocycles. The molecule has 1 aromatic heterocycles. The van der Waals surface area contributed by atoms with Crippen molar-refractivity contribution in [1.29, 1.82) is 0 Å². The first-order valence-electron chi connectivity index (χ1n) is 11.7. The van der Waals surface area contributed by atoms with E-state index in [1.807, 2.05) is 43.3 Å². The number of carbonyl (C=O) groups is 1. The average molecular weight is 511 g/mol. The summed E-state index contributed by atoms with van der Waals surface area (Å²) in [5.74, 6) is 0.382. The van der Waals surface area contributed by atoms with Crippen LogP contribution in [0.2, 0.25) is 0 Å². The summed E-state index contributed by atoms with van der Waals surface area (Å²) < 4.78 is 12.4. The maximum atomic E-state index is 12.5. The van der Waals surface area contributed by atoms with Crippen molar-refractivity contribution in [3.05, 3.63) is 77.6 Å². The number of aliphatic hydroxyl groups excluding tert-OH is 4. The van der Waals surface area contributed by atoms with E-state index in [9.17, 15) is 25.2 Å². The minimum atomic E-state index is -1.51. The second-order valence-electron chi connectivity index (χ2n) is 8.91. The highest BCUT2D eigenvalue weighted by Gasteiger charge is 2.44. The lowest BCUT2D eigenvalue weighted by Gasteiger charge is -2.39. The van der Waals surface area contributed by atoms with Gasteiger partial charge in [0.2, 0.25) is 0 Å². The molecule has 2 aromatic carbocycles. The van der Waals surface area contributed by atoms with Gasteiger partial charge in [0, 0.05) is 25.3 Å². The molecule has 4 rings (SSSR count). The molecule has 1 aliphatic heterocycles. The van der Waals surface area contributed by atoms with Crippen LogP contribution in [0.3, 0.4) is 0 Å². The van der Waals surface area contributed by atoms with Crippen LogP contribution in [0.15, 0.2) is 60.8 Å². The van der Waals surface area contributed by atoms with Gasteiger partial charge in [-0.2, -0.15) is 0 Å². The van der Waals surface area contributed by atoms with Gasteiger partial charge in [-0.05, 0) is 48.0 Å². The molecule has 1 aliphatic rings. The molecule has 0 unspecified atom stereocenters. The number of rotatable bonds is 9. The Kier molecular flexibility index (Phi) is 8.31.